The highest BCUT2D eigenvalue weighted by molar-refractivity contribution is 9.10. The Balaban J connectivity index is 1.80. The zero-order chi connectivity index (χ0) is 22.2. The zero-order valence-corrected chi connectivity index (χ0v) is 17.8. The number of rotatable bonds is 7. The van der Waals surface area contributed by atoms with Gasteiger partial charge < -0.3 is 10.6 Å². The first-order valence-corrected chi connectivity index (χ1v) is 10.1. The lowest BCUT2D eigenvalue weighted by molar-refractivity contribution is -0.384. The van der Waals surface area contributed by atoms with Crippen molar-refractivity contribution in [2.45, 2.75) is 6.54 Å². The summed E-state index contributed by atoms with van der Waals surface area (Å²) in [5.74, 6) is -1.00. The van der Waals surface area contributed by atoms with E-state index in [4.69, 9.17) is 0 Å². The molecule has 3 aromatic carbocycles. The van der Waals surface area contributed by atoms with E-state index in [9.17, 15) is 19.7 Å². The van der Waals surface area contributed by atoms with E-state index in [0.717, 1.165) is 15.6 Å². The highest BCUT2D eigenvalue weighted by Gasteiger charge is 2.16. The van der Waals surface area contributed by atoms with Crippen molar-refractivity contribution in [1.82, 2.24) is 10.6 Å². The van der Waals surface area contributed by atoms with Crippen LogP contribution in [0.25, 0.3) is 6.08 Å². The largest absolute Gasteiger partial charge is 0.347 e. The third-order valence-corrected chi connectivity index (χ3v) is 4.84. The molecule has 31 heavy (non-hydrogen) atoms. The molecule has 0 aliphatic carbocycles. The molecule has 3 rings (SSSR count). The second-order valence-electron chi connectivity index (χ2n) is 6.54. The predicted molar refractivity (Wildman–Crippen MR) is 121 cm³/mol. The summed E-state index contributed by atoms with van der Waals surface area (Å²) in [5.41, 5.74) is 1.77. The Morgan fingerprint density at radius 2 is 1.58 bits per heavy atom. The number of nitrogens with one attached hydrogen (secondary N) is 2. The average molecular weight is 480 g/mol. The number of nitrogens with zero attached hydrogens (tertiary/aromatic N) is 1. The lowest BCUT2D eigenvalue weighted by atomic mass is 10.1. The van der Waals surface area contributed by atoms with Crippen LogP contribution < -0.4 is 10.6 Å². The normalized spacial score (nSPS) is 10.9. The number of nitro groups is 1. The standard InChI is InChI=1S/C23H18BrN3O4/c24-19-10-6-16(7-11-19)14-21(23(29)25-15-17-4-2-1-3-5-17)26-22(28)18-8-12-20(13-9-18)27(30)31/h1-14H,15H2,(H,25,29)(H,26,28)/b21-14-. The van der Waals surface area contributed by atoms with E-state index in [1.54, 1.807) is 18.2 Å². The number of benzene rings is 3. The fraction of sp³-hybridized carbons (Fsp3) is 0.0435. The molecule has 0 spiro atoms. The van der Waals surface area contributed by atoms with Crippen LogP contribution in [0.5, 0.6) is 0 Å². The summed E-state index contributed by atoms with van der Waals surface area (Å²) in [6.07, 6.45) is 1.57. The predicted octanol–water partition coefficient (Wildman–Crippen LogP) is 4.44. The van der Waals surface area contributed by atoms with Crippen LogP contribution in [0.15, 0.2) is 89.0 Å². The van der Waals surface area contributed by atoms with Crippen LogP contribution in [-0.4, -0.2) is 16.7 Å². The topological polar surface area (TPSA) is 101 Å². The second-order valence-corrected chi connectivity index (χ2v) is 7.45. The van der Waals surface area contributed by atoms with Crippen molar-refractivity contribution in [3.8, 4) is 0 Å². The molecule has 8 heteroatoms. The molecule has 2 N–H and O–H groups in total. The van der Waals surface area contributed by atoms with E-state index in [0.29, 0.717) is 6.54 Å². The fourth-order valence-corrected chi connectivity index (χ4v) is 2.95. The molecular weight excluding hydrogens is 462 g/mol. The van der Waals surface area contributed by atoms with Crippen molar-refractivity contribution >= 4 is 39.5 Å². The van der Waals surface area contributed by atoms with Crippen molar-refractivity contribution in [3.63, 3.8) is 0 Å². The van der Waals surface area contributed by atoms with Gasteiger partial charge in [0.25, 0.3) is 17.5 Å². The lowest BCUT2D eigenvalue weighted by Crippen LogP contribution is -2.34. The number of carbonyl (C=O) groups excluding carboxylic acids is 2. The minimum absolute atomic E-state index is 0.0570. The molecule has 7 nitrogen and oxygen atoms in total. The molecular formula is C23H18BrN3O4. The molecule has 0 unspecified atom stereocenters. The molecule has 0 heterocycles. The summed E-state index contributed by atoms with van der Waals surface area (Å²) in [6.45, 7) is 0.296. The van der Waals surface area contributed by atoms with Crippen molar-refractivity contribution in [2.24, 2.45) is 0 Å². The van der Waals surface area contributed by atoms with E-state index < -0.39 is 16.7 Å². The van der Waals surface area contributed by atoms with Gasteiger partial charge in [-0.3, -0.25) is 19.7 Å². The van der Waals surface area contributed by atoms with Gasteiger partial charge in [0.2, 0.25) is 0 Å². The zero-order valence-electron chi connectivity index (χ0n) is 16.2. The van der Waals surface area contributed by atoms with Gasteiger partial charge >= 0.3 is 0 Å². The minimum Gasteiger partial charge on any atom is -0.347 e. The molecule has 0 aliphatic rings. The molecule has 0 saturated carbocycles. The molecule has 0 bridgehead atoms. The molecule has 0 fully saturated rings. The van der Waals surface area contributed by atoms with Gasteiger partial charge in [0, 0.05) is 28.7 Å². The summed E-state index contributed by atoms with van der Waals surface area (Å²) < 4.78 is 0.884. The summed E-state index contributed by atoms with van der Waals surface area (Å²) in [4.78, 5) is 35.7. The van der Waals surface area contributed by atoms with Crippen molar-refractivity contribution in [1.29, 1.82) is 0 Å². The molecule has 0 radical (unpaired) electrons. The van der Waals surface area contributed by atoms with Crippen LogP contribution >= 0.6 is 15.9 Å². The Labute approximate surface area is 187 Å². The molecule has 0 aromatic heterocycles. The van der Waals surface area contributed by atoms with E-state index in [1.165, 1.54) is 24.3 Å². The molecule has 0 atom stereocenters. The van der Waals surface area contributed by atoms with Crippen LogP contribution in [0.4, 0.5) is 5.69 Å². The molecule has 156 valence electrons. The van der Waals surface area contributed by atoms with Gasteiger partial charge in [-0.25, -0.2) is 0 Å². The highest BCUT2D eigenvalue weighted by atomic mass is 79.9. The smallest absolute Gasteiger partial charge is 0.269 e. The first-order valence-electron chi connectivity index (χ1n) is 9.27. The molecule has 0 aliphatic heterocycles. The van der Waals surface area contributed by atoms with Gasteiger partial charge in [0.15, 0.2) is 0 Å². The third kappa shape index (κ3) is 6.35. The van der Waals surface area contributed by atoms with E-state index in [1.807, 2.05) is 42.5 Å². The minimum atomic E-state index is -0.548. The van der Waals surface area contributed by atoms with Crippen molar-refractivity contribution in [3.05, 3.63) is 116 Å². The maximum Gasteiger partial charge on any atom is 0.269 e. The Bertz CT molecular complexity index is 1110. The van der Waals surface area contributed by atoms with E-state index >= 15 is 0 Å². The number of non-ortho nitro benzene ring substituents is 1. The van der Waals surface area contributed by atoms with E-state index in [2.05, 4.69) is 26.6 Å². The Kier molecular flexibility index (Phi) is 7.29. The number of hydrogen-bond acceptors (Lipinski definition) is 4. The SMILES string of the molecule is O=C(NCc1ccccc1)/C(=C/c1ccc(Br)cc1)NC(=O)c1ccc([N+](=O)[O-])cc1. The van der Waals surface area contributed by atoms with Crippen LogP contribution in [-0.2, 0) is 11.3 Å². The first kappa shape index (κ1) is 21.9. The first-order chi connectivity index (χ1) is 14.9. The van der Waals surface area contributed by atoms with Gasteiger partial charge in [-0.2, -0.15) is 0 Å². The molecule has 0 saturated heterocycles. The summed E-state index contributed by atoms with van der Waals surface area (Å²) >= 11 is 3.36. The number of halogens is 1. The number of nitro benzene ring substituents is 1. The maximum atomic E-state index is 12.8. The Morgan fingerprint density at radius 1 is 0.935 bits per heavy atom. The van der Waals surface area contributed by atoms with Crippen molar-refractivity contribution in [2.75, 3.05) is 0 Å². The number of carbonyl (C=O) groups is 2. The van der Waals surface area contributed by atoms with Gasteiger partial charge in [0.1, 0.15) is 5.70 Å². The number of amides is 2. The monoisotopic (exact) mass is 479 g/mol. The Morgan fingerprint density at radius 3 is 2.19 bits per heavy atom. The lowest BCUT2D eigenvalue weighted by Gasteiger charge is -2.11. The van der Waals surface area contributed by atoms with E-state index in [-0.39, 0.29) is 16.9 Å². The molecule has 2 amide bonds. The number of hydrogen-bond donors (Lipinski definition) is 2. The van der Waals surface area contributed by atoms with Crippen LogP contribution in [0, 0.1) is 10.1 Å². The highest BCUT2D eigenvalue weighted by Crippen LogP contribution is 2.15. The van der Waals surface area contributed by atoms with Gasteiger partial charge in [-0.05, 0) is 41.5 Å². The van der Waals surface area contributed by atoms with Crippen molar-refractivity contribution < 1.29 is 14.5 Å². The fourth-order valence-electron chi connectivity index (χ4n) is 2.69. The second kappa shape index (κ2) is 10.3. The average Bonchev–Trinajstić information content (AvgIpc) is 2.79. The summed E-state index contributed by atoms with van der Waals surface area (Å²) in [6, 6.07) is 21.8. The quantitative estimate of drug-likeness (QED) is 0.297. The van der Waals surface area contributed by atoms with Gasteiger partial charge in [-0.1, -0.05) is 58.4 Å². The van der Waals surface area contributed by atoms with Crippen LogP contribution in [0.3, 0.4) is 0 Å². The maximum absolute atomic E-state index is 12.8. The van der Waals surface area contributed by atoms with Gasteiger partial charge in [0.05, 0.1) is 4.92 Å². The summed E-state index contributed by atoms with van der Waals surface area (Å²) in [7, 11) is 0. The molecule has 3 aromatic rings. The Hall–Kier alpha value is -3.78. The van der Waals surface area contributed by atoms with Crippen LogP contribution in [0.2, 0.25) is 0 Å². The van der Waals surface area contributed by atoms with Crippen LogP contribution in [0.1, 0.15) is 21.5 Å². The third-order valence-electron chi connectivity index (χ3n) is 4.31. The summed E-state index contributed by atoms with van der Waals surface area (Å²) in [5, 5.41) is 16.2. The van der Waals surface area contributed by atoms with Gasteiger partial charge in [-0.15, -0.1) is 0 Å².